The van der Waals surface area contributed by atoms with E-state index in [1.165, 1.54) is 0 Å². The summed E-state index contributed by atoms with van der Waals surface area (Å²) >= 11 is 0. The molecule has 0 radical (unpaired) electrons. The Hall–Kier alpha value is -1.02. The molecule has 2 saturated heterocycles. The highest BCUT2D eigenvalue weighted by Crippen LogP contribution is 2.15. The zero-order chi connectivity index (χ0) is 13.9. The zero-order valence-corrected chi connectivity index (χ0v) is 14.2. The first-order chi connectivity index (χ1) is 9.74. The lowest BCUT2D eigenvalue weighted by molar-refractivity contribution is -0.145. The van der Waals surface area contributed by atoms with Crippen molar-refractivity contribution in [2.45, 2.75) is 6.10 Å². The van der Waals surface area contributed by atoms with E-state index in [1.807, 2.05) is 24.3 Å². The Morgan fingerprint density at radius 3 is 2.59 bits per heavy atom. The van der Waals surface area contributed by atoms with Crippen molar-refractivity contribution in [3.8, 4) is 0 Å². The van der Waals surface area contributed by atoms with Gasteiger partial charge in [-0.15, -0.1) is 24.8 Å². The number of amides is 1. The molecule has 1 aromatic rings. The van der Waals surface area contributed by atoms with Crippen LogP contribution in [0.25, 0.3) is 0 Å². The molecule has 126 valence electrons. The van der Waals surface area contributed by atoms with Gasteiger partial charge in [0.15, 0.2) is 0 Å². The first-order valence-corrected chi connectivity index (χ1v) is 7.09. The molecule has 2 fully saturated rings. The summed E-state index contributed by atoms with van der Waals surface area (Å²) in [6.45, 7) is 5.25. The lowest BCUT2D eigenvalue weighted by atomic mass is 10.2. The molecule has 0 spiro atoms. The number of carbonyl (C=O) groups is 1. The van der Waals surface area contributed by atoms with Crippen LogP contribution in [0.2, 0.25) is 0 Å². The van der Waals surface area contributed by atoms with Crippen LogP contribution in [0.3, 0.4) is 0 Å². The summed E-state index contributed by atoms with van der Waals surface area (Å²) in [5, 5.41) is 7.38. The molecule has 3 rings (SSSR count). The molecule has 0 bridgehead atoms. The van der Waals surface area contributed by atoms with Crippen LogP contribution in [0.5, 0.6) is 0 Å². The van der Waals surface area contributed by atoms with E-state index < -0.39 is 0 Å². The number of ether oxygens (including phenoxy) is 1. The van der Waals surface area contributed by atoms with Gasteiger partial charge in [0.1, 0.15) is 6.10 Å². The molecule has 7 nitrogen and oxygen atoms in total. The maximum atomic E-state index is 12.3. The minimum Gasteiger partial charge on any atom is -0.366 e. The summed E-state index contributed by atoms with van der Waals surface area (Å²) in [4.78, 5) is 16.5. The van der Waals surface area contributed by atoms with Crippen molar-refractivity contribution >= 4 is 36.4 Å². The highest BCUT2D eigenvalue weighted by molar-refractivity contribution is 5.85. The summed E-state index contributed by atoms with van der Waals surface area (Å²) < 4.78 is 7.33. The molecule has 1 unspecified atom stereocenters. The summed E-state index contributed by atoms with van der Waals surface area (Å²) in [6.07, 6.45) is 3.56. The van der Waals surface area contributed by atoms with Crippen LogP contribution in [-0.2, 0) is 16.6 Å². The molecule has 0 aromatic carbocycles. The van der Waals surface area contributed by atoms with Crippen molar-refractivity contribution in [3.05, 3.63) is 12.4 Å². The Labute approximate surface area is 142 Å². The van der Waals surface area contributed by atoms with Crippen LogP contribution in [0.4, 0.5) is 5.69 Å². The molecule has 1 aromatic heterocycles. The molecule has 1 N–H and O–H groups in total. The average molecular weight is 352 g/mol. The van der Waals surface area contributed by atoms with Crippen LogP contribution in [-0.4, -0.2) is 72.6 Å². The third-order valence-corrected chi connectivity index (χ3v) is 3.85. The Morgan fingerprint density at radius 1 is 1.32 bits per heavy atom. The van der Waals surface area contributed by atoms with Gasteiger partial charge in [-0.2, -0.15) is 5.10 Å². The fourth-order valence-electron chi connectivity index (χ4n) is 2.68. The number of carbonyl (C=O) groups excluding carboxylic acids is 1. The van der Waals surface area contributed by atoms with Crippen LogP contribution >= 0.6 is 24.8 Å². The number of nitrogens with one attached hydrogen (secondary N) is 1. The van der Waals surface area contributed by atoms with Crippen molar-refractivity contribution < 1.29 is 9.53 Å². The van der Waals surface area contributed by atoms with Crippen LogP contribution in [0.1, 0.15) is 0 Å². The minimum absolute atomic E-state index is 0. The van der Waals surface area contributed by atoms with Gasteiger partial charge in [0, 0.05) is 52.5 Å². The fraction of sp³-hybridized carbons (Fsp3) is 0.692. The lowest BCUT2D eigenvalue weighted by Crippen LogP contribution is -2.55. The second-order valence-corrected chi connectivity index (χ2v) is 5.25. The number of hydrogen-bond donors (Lipinski definition) is 1. The second kappa shape index (κ2) is 8.57. The quantitative estimate of drug-likeness (QED) is 0.806. The topological polar surface area (TPSA) is 62.6 Å². The van der Waals surface area contributed by atoms with Gasteiger partial charge in [-0.3, -0.25) is 9.48 Å². The number of rotatable bonds is 2. The average Bonchev–Trinajstić information content (AvgIpc) is 2.94. The molecule has 9 heteroatoms. The summed E-state index contributed by atoms with van der Waals surface area (Å²) in [5.74, 6) is 0.114. The third-order valence-electron chi connectivity index (χ3n) is 3.85. The van der Waals surface area contributed by atoms with Gasteiger partial charge in [0.05, 0.1) is 18.5 Å². The minimum atomic E-state index is -0.311. The van der Waals surface area contributed by atoms with Crippen LogP contribution in [0, 0.1) is 0 Å². The molecule has 22 heavy (non-hydrogen) atoms. The number of nitrogens with zero attached hydrogens (tertiary/aromatic N) is 4. The molecule has 2 aliphatic rings. The largest absolute Gasteiger partial charge is 0.366 e. The van der Waals surface area contributed by atoms with E-state index in [0.717, 1.165) is 38.4 Å². The van der Waals surface area contributed by atoms with Gasteiger partial charge in [-0.25, -0.2) is 0 Å². The maximum Gasteiger partial charge on any atom is 0.253 e. The van der Waals surface area contributed by atoms with Crippen molar-refractivity contribution in [2.24, 2.45) is 7.05 Å². The number of hydrogen-bond acceptors (Lipinski definition) is 5. The van der Waals surface area contributed by atoms with Gasteiger partial charge in [-0.05, 0) is 0 Å². The fourth-order valence-corrected chi connectivity index (χ4v) is 2.68. The summed E-state index contributed by atoms with van der Waals surface area (Å²) in [5.41, 5.74) is 1.12. The number of morpholine rings is 1. The van der Waals surface area contributed by atoms with Crippen molar-refractivity contribution in [2.75, 3.05) is 50.8 Å². The predicted molar refractivity (Wildman–Crippen MR) is 89.1 cm³/mol. The highest BCUT2D eigenvalue weighted by atomic mass is 35.5. The monoisotopic (exact) mass is 351 g/mol. The van der Waals surface area contributed by atoms with Gasteiger partial charge in [0.2, 0.25) is 0 Å². The van der Waals surface area contributed by atoms with Gasteiger partial charge >= 0.3 is 0 Å². The third kappa shape index (κ3) is 4.25. The Kier molecular flexibility index (Phi) is 7.41. The Morgan fingerprint density at radius 2 is 2.05 bits per heavy atom. The second-order valence-electron chi connectivity index (χ2n) is 5.25. The van der Waals surface area contributed by atoms with Crippen LogP contribution in [0.15, 0.2) is 12.4 Å². The first kappa shape index (κ1) is 19.0. The number of piperazine rings is 1. The summed E-state index contributed by atoms with van der Waals surface area (Å²) in [6, 6.07) is 0. The number of aromatic nitrogens is 2. The van der Waals surface area contributed by atoms with Crippen LogP contribution < -0.4 is 10.2 Å². The van der Waals surface area contributed by atoms with E-state index >= 15 is 0 Å². The normalized spacial score (nSPS) is 21.8. The summed E-state index contributed by atoms with van der Waals surface area (Å²) in [7, 11) is 1.91. The van der Waals surface area contributed by atoms with Gasteiger partial charge in [-0.1, -0.05) is 0 Å². The van der Waals surface area contributed by atoms with E-state index in [4.69, 9.17) is 4.74 Å². The zero-order valence-electron chi connectivity index (χ0n) is 12.6. The number of anilines is 1. The SMILES string of the molecule is Cl.Cl.Cn1cc(N2CCN(C(=O)C3CNCCO3)CC2)cn1. The molecule has 1 amide bonds. The highest BCUT2D eigenvalue weighted by Gasteiger charge is 2.29. The standard InChI is InChI=1S/C13H21N5O2.2ClH/c1-16-10-11(8-15-16)17-3-5-18(6-4-17)13(19)12-9-14-2-7-20-12;;/h8,10,12,14H,2-7,9H2,1H3;2*1H. The Bertz CT molecular complexity index is 471. The van der Waals surface area contributed by atoms with Crippen molar-refractivity contribution in [1.82, 2.24) is 20.0 Å². The van der Waals surface area contributed by atoms with Gasteiger partial charge < -0.3 is 19.9 Å². The van der Waals surface area contributed by atoms with Gasteiger partial charge in [0.25, 0.3) is 5.91 Å². The molecular formula is C13H23Cl2N5O2. The Balaban J connectivity index is 0.00000121. The predicted octanol–water partition coefficient (Wildman–Crippen LogP) is -0.0993. The molecule has 2 aliphatic heterocycles. The number of aryl methyl sites for hydroxylation is 1. The van der Waals surface area contributed by atoms with E-state index in [-0.39, 0.29) is 36.8 Å². The van der Waals surface area contributed by atoms with E-state index in [9.17, 15) is 4.79 Å². The number of halogens is 2. The first-order valence-electron chi connectivity index (χ1n) is 7.09. The maximum absolute atomic E-state index is 12.3. The molecular weight excluding hydrogens is 329 g/mol. The van der Waals surface area contributed by atoms with Crippen molar-refractivity contribution in [3.63, 3.8) is 0 Å². The smallest absolute Gasteiger partial charge is 0.253 e. The lowest BCUT2D eigenvalue weighted by Gasteiger charge is -2.37. The molecule has 0 saturated carbocycles. The molecule has 3 heterocycles. The molecule has 0 aliphatic carbocycles. The van der Waals surface area contributed by atoms with E-state index in [2.05, 4.69) is 15.3 Å². The van der Waals surface area contributed by atoms with Crippen molar-refractivity contribution in [1.29, 1.82) is 0 Å². The molecule has 1 atom stereocenters. The van der Waals surface area contributed by atoms with E-state index in [0.29, 0.717) is 13.2 Å². The van der Waals surface area contributed by atoms with E-state index in [1.54, 1.807) is 4.68 Å².